The quantitative estimate of drug-likeness (QED) is 0.916. The predicted octanol–water partition coefficient (Wildman–Crippen LogP) is 3.88. The number of ether oxygens (including phenoxy) is 2. The van der Waals surface area contributed by atoms with E-state index < -0.39 is 12.3 Å². The normalized spacial score (nSPS) is 15.8. The van der Waals surface area contributed by atoms with E-state index in [1.54, 1.807) is 0 Å². The maximum Gasteiger partial charge on any atom is 0.586 e. The third-order valence-corrected chi connectivity index (χ3v) is 3.41. The summed E-state index contributed by atoms with van der Waals surface area (Å²) in [5.41, 5.74) is 1.71. The molecule has 0 spiro atoms. The third-order valence-electron chi connectivity index (χ3n) is 3.41. The summed E-state index contributed by atoms with van der Waals surface area (Å²) in [5, 5.41) is 9.11. The Morgan fingerprint density at radius 3 is 2.33 bits per heavy atom. The van der Waals surface area contributed by atoms with Crippen LogP contribution in [0.4, 0.5) is 8.78 Å². The van der Waals surface area contributed by atoms with Gasteiger partial charge in [-0.1, -0.05) is 27.7 Å². The molecule has 0 unspecified atom stereocenters. The summed E-state index contributed by atoms with van der Waals surface area (Å²) in [4.78, 5) is 11.1. The first-order valence-corrected chi connectivity index (χ1v) is 6.79. The van der Waals surface area contributed by atoms with Crippen molar-refractivity contribution in [2.24, 2.45) is 0 Å². The molecule has 0 amide bonds. The molecule has 1 aromatic carbocycles. The molecule has 1 heterocycles. The van der Waals surface area contributed by atoms with Crippen molar-refractivity contribution in [3.8, 4) is 11.5 Å². The van der Waals surface area contributed by atoms with Gasteiger partial charge >= 0.3 is 12.3 Å². The number of hydrogen-bond acceptors (Lipinski definition) is 3. The number of rotatable bonds is 4. The zero-order valence-electron chi connectivity index (χ0n) is 12.4. The molecule has 0 radical (unpaired) electrons. The predicted molar refractivity (Wildman–Crippen MR) is 72.2 cm³/mol. The maximum atomic E-state index is 13.3. The minimum Gasteiger partial charge on any atom is -0.481 e. The highest BCUT2D eigenvalue weighted by Gasteiger charge is 2.46. The number of carboxylic acid groups (broad SMARTS) is 1. The van der Waals surface area contributed by atoms with Crippen LogP contribution in [0.15, 0.2) is 6.07 Å². The Balaban J connectivity index is 2.70. The van der Waals surface area contributed by atoms with E-state index in [1.165, 1.54) is 6.07 Å². The Bertz CT molecular complexity index is 580. The molecule has 1 aliphatic heterocycles. The fraction of sp³-hybridized carbons (Fsp3) is 0.533. The zero-order chi connectivity index (χ0) is 15.9. The number of halogens is 2. The van der Waals surface area contributed by atoms with Crippen molar-refractivity contribution in [2.75, 3.05) is 0 Å². The molecule has 0 fully saturated rings. The van der Waals surface area contributed by atoms with E-state index in [1.807, 2.05) is 27.7 Å². The first-order chi connectivity index (χ1) is 9.62. The monoisotopic (exact) mass is 300 g/mol. The van der Waals surface area contributed by atoms with Gasteiger partial charge in [-0.2, -0.15) is 0 Å². The van der Waals surface area contributed by atoms with Crippen LogP contribution in [0.3, 0.4) is 0 Å². The van der Waals surface area contributed by atoms with Crippen LogP contribution in [0, 0.1) is 0 Å². The van der Waals surface area contributed by atoms with Crippen molar-refractivity contribution in [1.82, 2.24) is 0 Å². The first-order valence-electron chi connectivity index (χ1n) is 6.79. The molecule has 1 aliphatic rings. The summed E-state index contributed by atoms with van der Waals surface area (Å²) >= 11 is 0. The number of aliphatic carboxylic acids is 1. The van der Waals surface area contributed by atoms with Crippen LogP contribution in [-0.4, -0.2) is 17.4 Å². The summed E-state index contributed by atoms with van der Waals surface area (Å²) < 4.78 is 35.8. The lowest BCUT2D eigenvalue weighted by molar-refractivity contribution is -0.287. The molecular formula is C15H18F2O4. The van der Waals surface area contributed by atoms with E-state index in [2.05, 4.69) is 9.47 Å². The number of carboxylic acids is 1. The Labute approximate surface area is 121 Å². The van der Waals surface area contributed by atoms with E-state index in [0.717, 1.165) is 0 Å². The van der Waals surface area contributed by atoms with Crippen molar-refractivity contribution in [2.45, 2.75) is 52.2 Å². The highest BCUT2D eigenvalue weighted by atomic mass is 19.3. The van der Waals surface area contributed by atoms with Crippen LogP contribution in [0.1, 0.15) is 56.2 Å². The van der Waals surface area contributed by atoms with Crippen molar-refractivity contribution < 1.29 is 28.2 Å². The molecular weight excluding hydrogens is 282 g/mol. The number of hydrogen-bond donors (Lipinski definition) is 1. The van der Waals surface area contributed by atoms with E-state index in [0.29, 0.717) is 16.7 Å². The molecule has 2 rings (SSSR count). The molecule has 6 heteroatoms. The fourth-order valence-electron chi connectivity index (χ4n) is 2.64. The molecule has 1 N–H and O–H groups in total. The van der Waals surface area contributed by atoms with Gasteiger partial charge in [0.25, 0.3) is 0 Å². The lowest BCUT2D eigenvalue weighted by atomic mass is 9.86. The average molecular weight is 300 g/mol. The number of alkyl halides is 2. The fourth-order valence-corrected chi connectivity index (χ4v) is 2.64. The van der Waals surface area contributed by atoms with E-state index in [4.69, 9.17) is 5.11 Å². The summed E-state index contributed by atoms with van der Waals surface area (Å²) in [6.45, 7) is 7.38. The lowest BCUT2D eigenvalue weighted by Gasteiger charge is -2.20. The lowest BCUT2D eigenvalue weighted by Crippen LogP contribution is -2.26. The zero-order valence-corrected chi connectivity index (χ0v) is 12.4. The van der Waals surface area contributed by atoms with Gasteiger partial charge in [-0.05, 0) is 29.0 Å². The number of carbonyl (C=O) groups is 1. The Kier molecular flexibility index (Phi) is 3.82. The molecule has 21 heavy (non-hydrogen) atoms. The van der Waals surface area contributed by atoms with Gasteiger partial charge in [-0.15, -0.1) is 8.78 Å². The van der Waals surface area contributed by atoms with E-state index >= 15 is 0 Å². The van der Waals surface area contributed by atoms with E-state index in [9.17, 15) is 13.6 Å². The minimum absolute atomic E-state index is 0.0139. The second-order valence-electron chi connectivity index (χ2n) is 5.73. The summed E-state index contributed by atoms with van der Waals surface area (Å²) in [6.07, 6.45) is -3.94. The Morgan fingerprint density at radius 1 is 1.24 bits per heavy atom. The van der Waals surface area contributed by atoms with Gasteiger partial charge in [-0.3, -0.25) is 4.79 Å². The van der Waals surface area contributed by atoms with Crippen LogP contribution in [0.5, 0.6) is 11.5 Å². The largest absolute Gasteiger partial charge is 0.586 e. The molecule has 1 aromatic rings. The maximum absolute atomic E-state index is 13.3. The molecule has 0 aliphatic carbocycles. The van der Waals surface area contributed by atoms with Gasteiger partial charge in [0.05, 0.1) is 6.42 Å². The molecule has 0 saturated carbocycles. The van der Waals surface area contributed by atoms with Gasteiger partial charge in [-0.25, -0.2) is 0 Å². The first kappa shape index (κ1) is 15.5. The Hall–Kier alpha value is -1.85. The van der Waals surface area contributed by atoms with Crippen LogP contribution < -0.4 is 9.47 Å². The van der Waals surface area contributed by atoms with Crippen LogP contribution in [0.2, 0.25) is 0 Å². The molecule has 0 saturated heterocycles. The average Bonchev–Trinajstić information content (AvgIpc) is 2.59. The standard InChI is InChI=1S/C15H18F2O4/c1-7(2)9-5-11-14(21-15(16,17)20-11)13(8(3)4)10(9)6-12(18)19/h5,7-8H,6H2,1-4H3,(H,18,19). The van der Waals surface area contributed by atoms with Crippen molar-refractivity contribution in [3.05, 3.63) is 22.8 Å². The molecule has 0 aromatic heterocycles. The Morgan fingerprint density at radius 2 is 1.86 bits per heavy atom. The molecule has 0 atom stereocenters. The van der Waals surface area contributed by atoms with Crippen molar-refractivity contribution in [3.63, 3.8) is 0 Å². The van der Waals surface area contributed by atoms with E-state index in [-0.39, 0.29) is 29.8 Å². The van der Waals surface area contributed by atoms with Gasteiger partial charge < -0.3 is 14.6 Å². The van der Waals surface area contributed by atoms with Gasteiger partial charge in [0, 0.05) is 5.56 Å². The van der Waals surface area contributed by atoms with Crippen LogP contribution >= 0.6 is 0 Å². The minimum atomic E-state index is -3.71. The molecule has 0 bridgehead atoms. The number of benzene rings is 1. The second-order valence-corrected chi connectivity index (χ2v) is 5.73. The van der Waals surface area contributed by atoms with Gasteiger partial charge in [0.2, 0.25) is 0 Å². The van der Waals surface area contributed by atoms with Crippen molar-refractivity contribution >= 4 is 5.97 Å². The summed E-state index contributed by atoms with van der Waals surface area (Å²) in [5.74, 6) is -1.26. The molecule has 4 nitrogen and oxygen atoms in total. The van der Waals surface area contributed by atoms with Crippen LogP contribution in [0.25, 0.3) is 0 Å². The second kappa shape index (κ2) is 5.16. The summed E-state index contributed by atoms with van der Waals surface area (Å²) in [6, 6.07) is 1.46. The highest BCUT2D eigenvalue weighted by molar-refractivity contribution is 5.73. The number of fused-ring (bicyclic) bond motifs is 1. The van der Waals surface area contributed by atoms with Gasteiger partial charge in [0.15, 0.2) is 11.5 Å². The third kappa shape index (κ3) is 2.94. The smallest absolute Gasteiger partial charge is 0.481 e. The van der Waals surface area contributed by atoms with Crippen LogP contribution in [-0.2, 0) is 11.2 Å². The topological polar surface area (TPSA) is 55.8 Å². The summed E-state index contributed by atoms with van der Waals surface area (Å²) in [7, 11) is 0. The van der Waals surface area contributed by atoms with Gasteiger partial charge in [0.1, 0.15) is 0 Å². The van der Waals surface area contributed by atoms with Crippen molar-refractivity contribution in [1.29, 1.82) is 0 Å². The molecule has 116 valence electrons. The SMILES string of the molecule is CC(C)c1cc2c(c(C(C)C)c1CC(=O)O)OC(F)(F)O2. The highest BCUT2D eigenvalue weighted by Crippen LogP contribution is 2.49.